The quantitative estimate of drug-likeness (QED) is 0.408. The average Bonchev–Trinajstić information content (AvgIpc) is 3.19. The first-order valence-corrected chi connectivity index (χ1v) is 14.7. The summed E-state index contributed by atoms with van der Waals surface area (Å²) >= 11 is 1.48. The number of carbonyl (C=O) groups excluding carboxylic acids is 1. The number of fused-ring (bicyclic) bond motifs is 1. The van der Waals surface area contributed by atoms with Crippen LogP contribution in [0.15, 0.2) is 46.3 Å². The van der Waals surface area contributed by atoms with E-state index in [-0.39, 0.29) is 11.4 Å². The Kier molecular flexibility index (Phi) is 7.60. The van der Waals surface area contributed by atoms with Gasteiger partial charge in [0.25, 0.3) is 5.91 Å². The fourth-order valence-corrected chi connectivity index (χ4v) is 7.14. The van der Waals surface area contributed by atoms with Crippen LogP contribution in [0.25, 0.3) is 6.08 Å². The molecule has 2 aromatic carbocycles. The highest BCUT2D eigenvalue weighted by atomic mass is 32.2. The molecule has 202 valence electrons. The van der Waals surface area contributed by atoms with Gasteiger partial charge in [-0.25, -0.2) is 4.99 Å². The molecule has 0 bridgehead atoms. The summed E-state index contributed by atoms with van der Waals surface area (Å²) in [5, 5.41) is 0.741. The first-order valence-electron chi connectivity index (χ1n) is 13.9. The van der Waals surface area contributed by atoms with Gasteiger partial charge in [-0.2, -0.15) is 0 Å². The molecule has 1 amide bonds. The van der Waals surface area contributed by atoms with Gasteiger partial charge >= 0.3 is 0 Å². The number of carbonyl (C=O) groups is 1. The molecule has 0 aliphatic carbocycles. The van der Waals surface area contributed by atoms with Crippen molar-refractivity contribution in [3.8, 4) is 0 Å². The van der Waals surface area contributed by atoms with E-state index in [1.807, 2.05) is 19.1 Å². The van der Waals surface area contributed by atoms with E-state index < -0.39 is 0 Å². The van der Waals surface area contributed by atoms with Gasteiger partial charge in [-0.05, 0) is 118 Å². The van der Waals surface area contributed by atoms with E-state index in [9.17, 15) is 4.79 Å². The zero-order chi connectivity index (χ0) is 27.0. The summed E-state index contributed by atoms with van der Waals surface area (Å²) in [6.07, 6.45) is 3.18. The summed E-state index contributed by atoms with van der Waals surface area (Å²) in [7, 11) is 0. The van der Waals surface area contributed by atoms with Crippen molar-refractivity contribution in [2.75, 3.05) is 49.2 Å². The predicted molar refractivity (Wildman–Crippen MR) is 161 cm³/mol. The molecule has 2 fully saturated rings. The molecule has 1 atom stereocenters. The Morgan fingerprint density at radius 2 is 1.82 bits per heavy atom. The Bertz CT molecular complexity index is 1260. The van der Waals surface area contributed by atoms with Gasteiger partial charge in [-0.3, -0.25) is 9.69 Å². The number of benzene rings is 2. The van der Waals surface area contributed by atoms with Gasteiger partial charge in [-0.1, -0.05) is 6.92 Å². The number of hydrogen-bond donors (Lipinski definition) is 0. The highest BCUT2D eigenvalue weighted by molar-refractivity contribution is 8.18. The number of rotatable bonds is 5. The molecule has 0 radical (unpaired) electrons. The van der Waals surface area contributed by atoms with E-state index in [2.05, 4.69) is 74.8 Å². The number of aliphatic imine (C=N–C) groups is 1. The number of amides is 1. The lowest BCUT2D eigenvalue weighted by Gasteiger charge is -2.47. The summed E-state index contributed by atoms with van der Waals surface area (Å²) in [5.74, 6) is 0.500. The average molecular weight is 533 g/mol. The fraction of sp³-hybridized carbons (Fsp3) is 0.484. The SMILES string of the molecule is CCN1C(=O)/C(=C/c2cc3c(cc2C)N(CC)C(C)(C)C[C@H]3C)SC1=Nc1ccc(N2CCOCC2)cc1. The Morgan fingerprint density at radius 3 is 2.47 bits per heavy atom. The molecular formula is C31H40N4O2S. The number of thioether (sulfide) groups is 1. The minimum Gasteiger partial charge on any atom is -0.378 e. The Hall–Kier alpha value is -2.77. The van der Waals surface area contributed by atoms with Crippen LogP contribution in [0, 0.1) is 6.92 Å². The molecule has 3 aliphatic rings. The second kappa shape index (κ2) is 10.8. The molecule has 3 heterocycles. The lowest BCUT2D eigenvalue weighted by Crippen LogP contribution is -2.48. The largest absolute Gasteiger partial charge is 0.378 e. The maximum atomic E-state index is 13.4. The molecule has 0 aromatic heterocycles. The van der Waals surface area contributed by atoms with Gasteiger partial charge in [0, 0.05) is 43.1 Å². The number of likely N-dealkylation sites (N-methyl/N-ethyl adjacent to an activating group) is 1. The summed E-state index contributed by atoms with van der Waals surface area (Å²) in [4.78, 5) is 25.6. The Balaban J connectivity index is 1.42. The van der Waals surface area contributed by atoms with E-state index in [1.165, 1.54) is 34.3 Å². The highest BCUT2D eigenvalue weighted by Gasteiger charge is 2.36. The van der Waals surface area contributed by atoms with Crippen LogP contribution in [-0.4, -0.2) is 60.9 Å². The number of hydrogen-bond acceptors (Lipinski definition) is 6. The van der Waals surface area contributed by atoms with Crippen molar-refractivity contribution in [1.82, 2.24) is 4.90 Å². The van der Waals surface area contributed by atoms with E-state index in [4.69, 9.17) is 9.73 Å². The number of nitrogens with zero attached hydrogens (tertiary/aromatic N) is 4. The second-order valence-electron chi connectivity index (χ2n) is 11.1. The first-order chi connectivity index (χ1) is 18.2. The van der Waals surface area contributed by atoms with Crippen molar-refractivity contribution in [1.29, 1.82) is 0 Å². The van der Waals surface area contributed by atoms with E-state index in [1.54, 1.807) is 4.90 Å². The van der Waals surface area contributed by atoms with Crippen LogP contribution in [-0.2, 0) is 9.53 Å². The maximum absolute atomic E-state index is 13.4. The van der Waals surface area contributed by atoms with Gasteiger partial charge in [0.15, 0.2) is 5.17 Å². The fourth-order valence-electron chi connectivity index (χ4n) is 6.09. The topological polar surface area (TPSA) is 48.4 Å². The maximum Gasteiger partial charge on any atom is 0.266 e. The highest BCUT2D eigenvalue weighted by Crippen LogP contribution is 2.45. The molecule has 0 unspecified atom stereocenters. The molecule has 38 heavy (non-hydrogen) atoms. The molecule has 2 saturated heterocycles. The van der Waals surface area contributed by atoms with Crippen LogP contribution in [0.4, 0.5) is 17.1 Å². The monoisotopic (exact) mass is 532 g/mol. The van der Waals surface area contributed by atoms with Crippen LogP contribution in [0.1, 0.15) is 63.6 Å². The van der Waals surface area contributed by atoms with Crippen molar-refractivity contribution < 1.29 is 9.53 Å². The Morgan fingerprint density at radius 1 is 1.11 bits per heavy atom. The summed E-state index contributed by atoms with van der Waals surface area (Å²) in [5.41, 5.74) is 7.20. The second-order valence-corrected chi connectivity index (χ2v) is 12.1. The first kappa shape index (κ1) is 26.8. The zero-order valence-corrected chi connectivity index (χ0v) is 24.4. The molecule has 5 rings (SSSR count). The molecule has 0 spiro atoms. The van der Waals surface area contributed by atoms with Gasteiger partial charge in [0.2, 0.25) is 0 Å². The van der Waals surface area contributed by atoms with Crippen molar-refractivity contribution in [2.45, 2.75) is 59.4 Å². The van der Waals surface area contributed by atoms with Crippen LogP contribution in [0.3, 0.4) is 0 Å². The van der Waals surface area contributed by atoms with Crippen LogP contribution in [0.2, 0.25) is 0 Å². The van der Waals surface area contributed by atoms with Gasteiger partial charge in [0.1, 0.15) is 0 Å². The Labute approximate surface area is 231 Å². The number of aryl methyl sites for hydroxylation is 1. The number of morpholine rings is 1. The van der Waals surface area contributed by atoms with Gasteiger partial charge in [0.05, 0.1) is 23.8 Å². The smallest absolute Gasteiger partial charge is 0.266 e. The third-order valence-electron chi connectivity index (χ3n) is 8.03. The predicted octanol–water partition coefficient (Wildman–Crippen LogP) is 6.57. The molecule has 7 heteroatoms. The van der Waals surface area contributed by atoms with Crippen LogP contribution in [0.5, 0.6) is 0 Å². The van der Waals surface area contributed by atoms with Crippen molar-refractivity contribution in [3.05, 3.63) is 58.0 Å². The molecule has 3 aliphatic heterocycles. The number of amidine groups is 1. The molecule has 0 saturated carbocycles. The minimum absolute atomic E-state index is 0.0303. The zero-order valence-electron chi connectivity index (χ0n) is 23.6. The van der Waals surface area contributed by atoms with Crippen molar-refractivity contribution in [2.24, 2.45) is 4.99 Å². The lowest BCUT2D eigenvalue weighted by atomic mass is 9.79. The van der Waals surface area contributed by atoms with Crippen molar-refractivity contribution >= 4 is 46.0 Å². The minimum atomic E-state index is 0.0303. The van der Waals surface area contributed by atoms with Crippen molar-refractivity contribution in [3.63, 3.8) is 0 Å². The van der Waals surface area contributed by atoms with Gasteiger partial charge in [-0.15, -0.1) is 0 Å². The molecule has 2 aromatic rings. The van der Waals surface area contributed by atoms with E-state index >= 15 is 0 Å². The summed E-state index contributed by atoms with van der Waals surface area (Å²) in [6, 6.07) is 12.9. The van der Waals surface area contributed by atoms with E-state index in [0.717, 1.165) is 60.6 Å². The van der Waals surface area contributed by atoms with Crippen LogP contribution < -0.4 is 9.80 Å². The lowest BCUT2D eigenvalue weighted by molar-refractivity contribution is -0.122. The normalized spacial score (nSPS) is 23.5. The summed E-state index contributed by atoms with van der Waals surface area (Å²) < 4.78 is 5.47. The van der Waals surface area contributed by atoms with Gasteiger partial charge < -0.3 is 14.5 Å². The number of ether oxygens (including phenoxy) is 1. The third-order valence-corrected chi connectivity index (χ3v) is 9.04. The molecule has 6 nitrogen and oxygen atoms in total. The third kappa shape index (κ3) is 5.10. The molecule has 0 N–H and O–H groups in total. The molecular weight excluding hydrogens is 492 g/mol. The van der Waals surface area contributed by atoms with Crippen LogP contribution >= 0.6 is 11.8 Å². The number of anilines is 2. The van der Waals surface area contributed by atoms with E-state index in [0.29, 0.717) is 12.5 Å². The standard InChI is InChI=1S/C31H40N4O2S/c1-7-34-29(36)28(38-30(34)32-24-9-11-25(12-10-24)33-13-15-37-16-14-33)19-23-18-26-22(4)20-31(5,6)35(8-2)27(26)17-21(23)3/h9-12,17-19,22H,7-8,13-16,20H2,1-6H3/b28-19-,32-30?/t22-/m1/s1. The summed E-state index contributed by atoms with van der Waals surface area (Å²) in [6.45, 7) is 18.3.